The average molecular weight is 246 g/mol. The number of carbonyl (C=O) groups excluding carboxylic acids is 1. The van der Waals surface area contributed by atoms with E-state index in [4.69, 9.17) is 9.47 Å². The number of hydrogen-bond acceptors (Lipinski definition) is 3. The van der Waals surface area contributed by atoms with Gasteiger partial charge in [-0.25, -0.2) is 0 Å². The molecule has 18 heavy (non-hydrogen) atoms. The van der Waals surface area contributed by atoms with Gasteiger partial charge in [0.2, 0.25) is 0 Å². The Kier molecular flexibility index (Phi) is 2.77. The number of methoxy groups -OCH3 is 2. The number of rotatable bonds is 4. The SMILES string of the molecule is COc1cc(OC)cc(C(=O)C2C3CCCC32)c1. The fraction of sp³-hybridized carbons (Fsp3) is 0.533. The molecule has 96 valence electrons. The maximum absolute atomic E-state index is 12.4. The fourth-order valence-corrected chi connectivity index (χ4v) is 3.35. The number of benzene rings is 1. The molecule has 0 aromatic heterocycles. The molecule has 0 amide bonds. The fourth-order valence-electron chi connectivity index (χ4n) is 3.35. The van der Waals surface area contributed by atoms with E-state index in [2.05, 4.69) is 0 Å². The van der Waals surface area contributed by atoms with Gasteiger partial charge in [-0.2, -0.15) is 0 Å². The highest BCUT2D eigenvalue weighted by atomic mass is 16.5. The van der Waals surface area contributed by atoms with E-state index in [-0.39, 0.29) is 11.7 Å². The van der Waals surface area contributed by atoms with Gasteiger partial charge in [-0.05, 0) is 36.8 Å². The van der Waals surface area contributed by atoms with E-state index in [0.717, 1.165) is 5.56 Å². The molecule has 2 aliphatic carbocycles. The van der Waals surface area contributed by atoms with Crippen LogP contribution in [0.1, 0.15) is 29.6 Å². The molecule has 0 spiro atoms. The van der Waals surface area contributed by atoms with Gasteiger partial charge >= 0.3 is 0 Å². The summed E-state index contributed by atoms with van der Waals surface area (Å²) in [7, 11) is 3.21. The quantitative estimate of drug-likeness (QED) is 0.766. The molecular formula is C15H18O3. The van der Waals surface area contributed by atoms with Crippen molar-refractivity contribution in [3.63, 3.8) is 0 Å². The summed E-state index contributed by atoms with van der Waals surface area (Å²) >= 11 is 0. The summed E-state index contributed by atoms with van der Waals surface area (Å²) in [4.78, 5) is 12.4. The van der Waals surface area contributed by atoms with E-state index in [9.17, 15) is 4.79 Å². The summed E-state index contributed by atoms with van der Waals surface area (Å²) in [6, 6.07) is 5.43. The van der Waals surface area contributed by atoms with Crippen molar-refractivity contribution in [1.82, 2.24) is 0 Å². The lowest BCUT2D eigenvalue weighted by Gasteiger charge is -2.08. The molecule has 0 heterocycles. The van der Waals surface area contributed by atoms with Crippen LogP contribution >= 0.6 is 0 Å². The molecule has 0 aliphatic heterocycles. The molecule has 1 aromatic carbocycles. The Morgan fingerprint density at radius 3 is 2.11 bits per heavy atom. The smallest absolute Gasteiger partial charge is 0.166 e. The lowest BCUT2D eigenvalue weighted by Crippen LogP contribution is -2.07. The zero-order chi connectivity index (χ0) is 12.7. The summed E-state index contributed by atoms with van der Waals surface area (Å²) in [6.07, 6.45) is 3.74. The molecule has 0 radical (unpaired) electrons. The summed E-state index contributed by atoms with van der Waals surface area (Å²) in [5.41, 5.74) is 0.727. The van der Waals surface area contributed by atoms with Crippen molar-refractivity contribution in [3.8, 4) is 11.5 Å². The van der Waals surface area contributed by atoms with E-state index >= 15 is 0 Å². The Morgan fingerprint density at radius 1 is 1.06 bits per heavy atom. The van der Waals surface area contributed by atoms with E-state index in [0.29, 0.717) is 23.3 Å². The van der Waals surface area contributed by atoms with E-state index in [1.165, 1.54) is 19.3 Å². The Bertz CT molecular complexity index is 448. The van der Waals surface area contributed by atoms with Gasteiger partial charge in [0.1, 0.15) is 11.5 Å². The van der Waals surface area contributed by atoms with Crippen LogP contribution in [0.3, 0.4) is 0 Å². The number of ether oxygens (including phenoxy) is 2. The van der Waals surface area contributed by atoms with Crippen molar-refractivity contribution in [1.29, 1.82) is 0 Å². The molecule has 3 rings (SSSR count). The average Bonchev–Trinajstić information content (AvgIpc) is 2.89. The first-order chi connectivity index (χ1) is 8.74. The molecule has 2 fully saturated rings. The number of Topliss-reactive ketones (excluding diaryl/α,β-unsaturated/α-hetero) is 1. The second kappa shape index (κ2) is 4.30. The first-order valence-electron chi connectivity index (χ1n) is 6.52. The van der Waals surface area contributed by atoms with E-state index in [1.54, 1.807) is 20.3 Å². The number of ketones is 1. The summed E-state index contributed by atoms with van der Waals surface area (Å²) in [5.74, 6) is 3.19. The largest absolute Gasteiger partial charge is 0.497 e. The van der Waals surface area contributed by atoms with Gasteiger partial charge in [-0.1, -0.05) is 6.42 Å². The Labute approximate surface area is 107 Å². The summed E-state index contributed by atoms with van der Waals surface area (Å²) in [5, 5.41) is 0. The molecule has 2 atom stereocenters. The number of hydrogen-bond donors (Lipinski definition) is 0. The topological polar surface area (TPSA) is 35.5 Å². The van der Waals surface area contributed by atoms with Gasteiger partial charge in [-0.15, -0.1) is 0 Å². The molecule has 1 aromatic rings. The summed E-state index contributed by atoms with van der Waals surface area (Å²) in [6.45, 7) is 0. The Hall–Kier alpha value is -1.51. The van der Waals surface area contributed by atoms with Gasteiger partial charge in [0.15, 0.2) is 5.78 Å². The Balaban J connectivity index is 1.85. The van der Waals surface area contributed by atoms with Crippen LogP contribution in [0.25, 0.3) is 0 Å². The van der Waals surface area contributed by atoms with Gasteiger partial charge in [-0.3, -0.25) is 4.79 Å². The highest BCUT2D eigenvalue weighted by Gasteiger charge is 2.56. The lowest BCUT2D eigenvalue weighted by atomic mass is 10.0. The third-order valence-corrected chi connectivity index (χ3v) is 4.35. The molecule has 0 saturated heterocycles. The van der Waals surface area contributed by atoms with Crippen LogP contribution in [-0.2, 0) is 0 Å². The molecule has 2 unspecified atom stereocenters. The molecule has 3 nitrogen and oxygen atoms in total. The van der Waals surface area contributed by atoms with Crippen molar-refractivity contribution in [2.45, 2.75) is 19.3 Å². The lowest BCUT2D eigenvalue weighted by molar-refractivity contribution is 0.0951. The third kappa shape index (κ3) is 1.78. The van der Waals surface area contributed by atoms with Gasteiger partial charge < -0.3 is 9.47 Å². The van der Waals surface area contributed by atoms with Crippen LogP contribution in [0.15, 0.2) is 18.2 Å². The van der Waals surface area contributed by atoms with Crippen LogP contribution in [-0.4, -0.2) is 20.0 Å². The van der Waals surface area contributed by atoms with Crippen molar-refractivity contribution in [2.75, 3.05) is 14.2 Å². The zero-order valence-electron chi connectivity index (χ0n) is 10.8. The molecular weight excluding hydrogens is 228 g/mol. The minimum Gasteiger partial charge on any atom is -0.497 e. The maximum atomic E-state index is 12.4. The van der Waals surface area contributed by atoms with Gasteiger partial charge in [0, 0.05) is 17.5 Å². The predicted molar refractivity (Wildman–Crippen MR) is 68.2 cm³/mol. The van der Waals surface area contributed by atoms with Crippen molar-refractivity contribution in [3.05, 3.63) is 23.8 Å². The van der Waals surface area contributed by atoms with Crippen LogP contribution in [0.5, 0.6) is 11.5 Å². The number of carbonyl (C=O) groups is 1. The highest BCUT2D eigenvalue weighted by Crippen LogP contribution is 2.58. The molecule has 0 bridgehead atoms. The van der Waals surface area contributed by atoms with Crippen LogP contribution < -0.4 is 9.47 Å². The first-order valence-corrected chi connectivity index (χ1v) is 6.52. The van der Waals surface area contributed by atoms with Crippen molar-refractivity contribution in [2.24, 2.45) is 17.8 Å². The van der Waals surface area contributed by atoms with Crippen LogP contribution in [0.2, 0.25) is 0 Å². The monoisotopic (exact) mass is 246 g/mol. The van der Waals surface area contributed by atoms with Crippen molar-refractivity contribution < 1.29 is 14.3 Å². The minimum absolute atomic E-state index is 0.260. The first kappa shape index (κ1) is 11.6. The standard InChI is InChI=1S/C15H18O3/c1-17-10-6-9(7-11(8-10)18-2)15(16)14-12-4-3-5-13(12)14/h6-8,12-14H,3-5H2,1-2H3. The van der Waals surface area contributed by atoms with Gasteiger partial charge in [0.25, 0.3) is 0 Å². The summed E-state index contributed by atoms with van der Waals surface area (Å²) < 4.78 is 10.4. The third-order valence-electron chi connectivity index (χ3n) is 4.35. The maximum Gasteiger partial charge on any atom is 0.166 e. The molecule has 2 saturated carbocycles. The van der Waals surface area contributed by atoms with Crippen LogP contribution in [0, 0.1) is 17.8 Å². The highest BCUT2D eigenvalue weighted by molar-refractivity contribution is 6.00. The normalized spacial score (nSPS) is 28.7. The molecule has 2 aliphatic rings. The van der Waals surface area contributed by atoms with E-state index in [1.807, 2.05) is 12.1 Å². The van der Waals surface area contributed by atoms with Gasteiger partial charge in [0.05, 0.1) is 14.2 Å². The number of fused-ring (bicyclic) bond motifs is 1. The minimum atomic E-state index is 0.260. The second-order valence-electron chi connectivity index (χ2n) is 5.25. The second-order valence-corrected chi connectivity index (χ2v) is 5.25. The van der Waals surface area contributed by atoms with Crippen molar-refractivity contribution >= 4 is 5.78 Å². The Morgan fingerprint density at radius 2 is 1.61 bits per heavy atom. The van der Waals surface area contributed by atoms with E-state index < -0.39 is 0 Å². The predicted octanol–water partition coefficient (Wildman–Crippen LogP) is 2.93. The molecule has 0 N–H and O–H groups in total. The molecule has 3 heteroatoms. The van der Waals surface area contributed by atoms with Crippen LogP contribution in [0.4, 0.5) is 0 Å². The zero-order valence-corrected chi connectivity index (χ0v) is 10.8.